The van der Waals surface area contributed by atoms with Gasteiger partial charge in [0.05, 0.1) is 11.3 Å². The molecule has 2 rings (SSSR count). The van der Waals surface area contributed by atoms with Gasteiger partial charge in [0.1, 0.15) is 5.82 Å². The van der Waals surface area contributed by atoms with E-state index in [0.717, 1.165) is 0 Å². The van der Waals surface area contributed by atoms with E-state index in [1.807, 2.05) is 6.92 Å². The summed E-state index contributed by atoms with van der Waals surface area (Å²) in [5, 5.41) is 5.82. The second kappa shape index (κ2) is 6.26. The fourth-order valence-electron chi connectivity index (χ4n) is 2.01. The zero-order valence-corrected chi connectivity index (χ0v) is 12.0. The molecule has 0 bridgehead atoms. The molecule has 110 valence electrons. The van der Waals surface area contributed by atoms with Gasteiger partial charge in [-0.2, -0.15) is 0 Å². The molecular weight excluding hydrogens is 269 g/mol. The Labute approximate surface area is 123 Å². The smallest absolute Gasteiger partial charge is 0.253 e. The lowest BCUT2D eigenvalue weighted by Gasteiger charge is -2.14. The molecule has 1 amide bonds. The molecule has 0 aliphatic carbocycles. The van der Waals surface area contributed by atoms with Crippen LogP contribution in [0, 0.1) is 12.7 Å². The Hall–Kier alpha value is -2.56. The second-order valence-electron chi connectivity index (χ2n) is 4.70. The molecule has 5 heteroatoms. The number of halogens is 1. The lowest BCUT2D eigenvalue weighted by atomic mass is 10.1. The number of anilines is 3. The van der Waals surface area contributed by atoms with Crippen molar-refractivity contribution >= 4 is 23.0 Å². The summed E-state index contributed by atoms with van der Waals surface area (Å²) in [6.45, 7) is 4.05. The normalized spacial score (nSPS) is 10.2. The lowest BCUT2D eigenvalue weighted by molar-refractivity contribution is 0.0956. The highest BCUT2D eigenvalue weighted by atomic mass is 19.1. The molecule has 0 saturated heterocycles. The summed E-state index contributed by atoms with van der Waals surface area (Å²) >= 11 is 0. The molecular formula is C16H18FN3O. The van der Waals surface area contributed by atoms with Crippen LogP contribution >= 0.6 is 0 Å². The van der Waals surface area contributed by atoms with Crippen LogP contribution in [0.1, 0.15) is 22.8 Å². The van der Waals surface area contributed by atoms with Crippen molar-refractivity contribution in [3.63, 3.8) is 0 Å². The van der Waals surface area contributed by atoms with E-state index in [9.17, 15) is 9.18 Å². The fourth-order valence-corrected chi connectivity index (χ4v) is 2.01. The first-order chi connectivity index (χ1) is 10.0. The molecule has 21 heavy (non-hydrogen) atoms. The van der Waals surface area contributed by atoms with Gasteiger partial charge in [-0.05, 0) is 44.2 Å². The highest BCUT2D eigenvalue weighted by Gasteiger charge is 2.12. The van der Waals surface area contributed by atoms with Gasteiger partial charge in [0, 0.05) is 23.5 Å². The molecule has 0 aliphatic rings. The summed E-state index contributed by atoms with van der Waals surface area (Å²) in [6.07, 6.45) is 0. The largest absolute Gasteiger partial charge is 0.399 e. The van der Waals surface area contributed by atoms with Gasteiger partial charge in [-0.15, -0.1) is 0 Å². The molecule has 0 saturated carbocycles. The number of hydrogen-bond acceptors (Lipinski definition) is 3. The van der Waals surface area contributed by atoms with Crippen LogP contribution in [0.5, 0.6) is 0 Å². The predicted octanol–water partition coefficient (Wildman–Crippen LogP) is 3.21. The van der Waals surface area contributed by atoms with Crippen molar-refractivity contribution < 1.29 is 9.18 Å². The Morgan fingerprint density at radius 1 is 1.24 bits per heavy atom. The van der Waals surface area contributed by atoms with Gasteiger partial charge in [0.15, 0.2) is 0 Å². The van der Waals surface area contributed by atoms with E-state index in [0.29, 0.717) is 34.7 Å². The molecule has 4 N–H and O–H groups in total. The van der Waals surface area contributed by atoms with E-state index in [1.54, 1.807) is 37.3 Å². The predicted molar refractivity (Wildman–Crippen MR) is 83.3 cm³/mol. The summed E-state index contributed by atoms with van der Waals surface area (Å²) in [6, 6.07) is 9.73. The van der Waals surface area contributed by atoms with Gasteiger partial charge in [-0.25, -0.2) is 4.39 Å². The molecule has 0 radical (unpaired) electrons. The number of carbonyl (C=O) groups excluding carboxylic acids is 1. The Morgan fingerprint density at radius 2 is 2.00 bits per heavy atom. The van der Waals surface area contributed by atoms with Crippen LogP contribution in [-0.2, 0) is 0 Å². The van der Waals surface area contributed by atoms with E-state index in [-0.39, 0.29) is 11.7 Å². The third-order valence-corrected chi connectivity index (χ3v) is 3.16. The van der Waals surface area contributed by atoms with Crippen LogP contribution in [0.2, 0.25) is 0 Å². The van der Waals surface area contributed by atoms with Gasteiger partial charge >= 0.3 is 0 Å². The maximum absolute atomic E-state index is 13.6. The number of rotatable bonds is 4. The van der Waals surface area contributed by atoms with Crippen LogP contribution in [-0.4, -0.2) is 12.5 Å². The minimum atomic E-state index is -0.302. The Kier molecular flexibility index (Phi) is 4.42. The van der Waals surface area contributed by atoms with Crippen LogP contribution < -0.4 is 16.4 Å². The van der Waals surface area contributed by atoms with Crippen molar-refractivity contribution in [2.24, 2.45) is 0 Å². The highest BCUT2D eigenvalue weighted by molar-refractivity contribution is 6.01. The molecule has 4 nitrogen and oxygen atoms in total. The fraction of sp³-hybridized carbons (Fsp3) is 0.188. The number of hydrogen-bond donors (Lipinski definition) is 3. The van der Waals surface area contributed by atoms with Crippen LogP contribution in [0.25, 0.3) is 0 Å². The molecule has 2 aromatic rings. The minimum Gasteiger partial charge on any atom is -0.399 e. The third-order valence-electron chi connectivity index (χ3n) is 3.16. The number of amides is 1. The minimum absolute atomic E-state index is 0.200. The topological polar surface area (TPSA) is 67.2 Å². The van der Waals surface area contributed by atoms with Gasteiger partial charge in [-0.1, -0.05) is 6.07 Å². The van der Waals surface area contributed by atoms with E-state index in [1.165, 1.54) is 6.07 Å². The summed E-state index contributed by atoms with van der Waals surface area (Å²) in [4.78, 5) is 12.1. The molecule has 0 heterocycles. The maximum atomic E-state index is 13.6. The number of nitrogens with one attached hydrogen (secondary N) is 2. The van der Waals surface area contributed by atoms with Crippen molar-refractivity contribution in [3.8, 4) is 0 Å². The zero-order chi connectivity index (χ0) is 15.4. The average molecular weight is 287 g/mol. The lowest BCUT2D eigenvalue weighted by Crippen LogP contribution is -2.23. The van der Waals surface area contributed by atoms with E-state index in [4.69, 9.17) is 5.73 Å². The number of nitrogens with two attached hydrogens (primary N) is 1. The summed E-state index contributed by atoms with van der Waals surface area (Å²) in [5.41, 5.74) is 8.41. The first-order valence-electron chi connectivity index (χ1n) is 6.72. The molecule has 0 aromatic heterocycles. The Balaban J connectivity index is 2.41. The molecule has 0 unspecified atom stereocenters. The first-order valence-corrected chi connectivity index (χ1v) is 6.72. The zero-order valence-electron chi connectivity index (χ0n) is 12.0. The monoisotopic (exact) mass is 287 g/mol. The van der Waals surface area contributed by atoms with Crippen molar-refractivity contribution in [1.29, 1.82) is 0 Å². The highest BCUT2D eigenvalue weighted by Crippen LogP contribution is 2.26. The SMILES string of the molecule is CCNC(=O)c1ccc(N)cc1Nc1cccc(F)c1C. The van der Waals surface area contributed by atoms with Gasteiger partial charge in [-0.3, -0.25) is 4.79 Å². The van der Waals surface area contributed by atoms with Crippen molar-refractivity contribution in [1.82, 2.24) is 5.32 Å². The van der Waals surface area contributed by atoms with Crippen LogP contribution in [0.15, 0.2) is 36.4 Å². The number of nitrogen functional groups attached to an aromatic ring is 1. The van der Waals surface area contributed by atoms with Crippen molar-refractivity contribution in [3.05, 3.63) is 53.3 Å². The van der Waals surface area contributed by atoms with Crippen molar-refractivity contribution in [2.45, 2.75) is 13.8 Å². The molecule has 2 aromatic carbocycles. The van der Waals surface area contributed by atoms with Gasteiger partial charge in [0.2, 0.25) is 0 Å². The standard InChI is InChI=1S/C16H18FN3O/c1-3-19-16(21)12-8-7-11(18)9-15(12)20-14-6-4-5-13(17)10(14)2/h4-9,20H,3,18H2,1-2H3,(H,19,21). The first kappa shape index (κ1) is 14.8. The molecule has 0 aliphatic heterocycles. The van der Waals surface area contributed by atoms with E-state index >= 15 is 0 Å². The van der Waals surface area contributed by atoms with E-state index in [2.05, 4.69) is 10.6 Å². The van der Waals surface area contributed by atoms with Gasteiger partial charge < -0.3 is 16.4 Å². The molecule has 0 atom stereocenters. The van der Waals surface area contributed by atoms with E-state index < -0.39 is 0 Å². The quantitative estimate of drug-likeness (QED) is 0.756. The van der Waals surface area contributed by atoms with Gasteiger partial charge in [0.25, 0.3) is 5.91 Å². The van der Waals surface area contributed by atoms with Crippen LogP contribution in [0.3, 0.4) is 0 Å². The summed E-state index contributed by atoms with van der Waals surface area (Å²) in [7, 11) is 0. The number of carbonyl (C=O) groups is 1. The molecule has 0 spiro atoms. The Bertz CT molecular complexity index is 671. The average Bonchev–Trinajstić information content (AvgIpc) is 2.44. The maximum Gasteiger partial charge on any atom is 0.253 e. The van der Waals surface area contributed by atoms with Crippen LogP contribution in [0.4, 0.5) is 21.5 Å². The summed E-state index contributed by atoms with van der Waals surface area (Å²) in [5.74, 6) is -0.502. The Morgan fingerprint density at radius 3 is 2.71 bits per heavy atom. The molecule has 0 fully saturated rings. The summed E-state index contributed by atoms with van der Waals surface area (Å²) < 4.78 is 13.6. The third kappa shape index (κ3) is 3.31. The number of benzene rings is 2. The second-order valence-corrected chi connectivity index (χ2v) is 4.70. The van der Waals surface area contributed by atoms with Crippen molar-refractivity contribution in [2.75, 3.05) is 17.6 Å².